The van der Waals surface area contributed by atoms with Gasteiger partial charge in [-0.25, -0.2) is 4.98 Å². The zero-order valence-corrected chi connectivity index (χ0v) is 40.4. The molecule has 5 heteroatoms. The van der Waals surface area contributed by atoms with Crippen molar-refractivity contribution < 1.29 is 33.0 Å². The molecule has 0 fully saturated rings. The van der Waals surface area contributed by atoms with Gasteiger partial charge >= 0.3 is 0 Å². The van der Waals surface area contributed by atoms with Crippen LogP contribution in [0.5, 0.6) is 5.75 Å². The Kier molecular flexibility index (Phi) is 11.2. The minimum atomic E-state index is -2.57. The molecule has 1 N–H and O–H groups in total. The first-order valence-corrected chi connectivity index (χ1v) is 22.0. The molecule has 0 saturated heterocycles. The molecular weight excluding hydrogens is 974 g/mol. The van der Waals surface area contributed by atoms with Crippen molar-refractivity contribution in [3.63, 3.8) is 0 Å². The number of pyridine rings is 1. The normalized spacial score (nSPS) is 13.2. The summed E-state index contributed by atoms with van der Waals surface area (Å²) >= 11 is 0. The van der Waals surface area contributed by atoms with Crippen molar-refractivity contribution in [1.82, 2.24) is 14.5 Å². The van der Waals surface area contributed by atoms with Gasteiger partial charge in [0.25, 0.3) is 0 Å². The summed E-state index contributed by atoms with van der Waals surface area (Å²) in [4.78, 5) is 10.3. The molecule has 2 aromatic heterocycles. The third kappa shape index (κ3) is 8.77. The van der Waals surface area contributed by atoms with Crippen LogP contribution >= 0.6 is 0 Å². The molecule has 0 unspecified atom stereocenters. The molecular formula is C60H56N3OPt-. The van der Waals surface area contributed by atoms with E-state index >= 15 is 0 Å². The molecule has 0 aliphatic carbocycles. The van der Waals surface area contributed by atoms with Gasteiger partial charge in [-0.05, 0) is 130 Å². The van der Waals surface area contributed by atoms with Gasteiger partial charge in [-0.3, -0.25) is 9.55 Å². The summed E-state index contributed by atoms with van der Waals surface area (Å²) in [7, 11) is 0. The summed E-state index contributed by atoms with van der Waals surface area (Å²) in [5.74, 6) is -1.10. The topological polar surface area (TPSA) is 50.9 Å². The second kappa shape index (κ2) is 18.6. The molecule has 7 aromatic carbocycles. The Labute approximate surface area is 406 Å². The molecule has 0 radical (unpaired) electrons. The number of fused-ring (bicyclic) bond motifs is 1. The SMILES string of the molecule is [2H]C([2H])([2H])c1cc(-c2c(C(C)C)cccc2C([2H])(C)C)ccc1-n1c(-c2cc(C)cc(C)c2O)nc2c(-c3[c-]c(-c4cc(-c5ccc(C([2H])(C)C)cc5)ccn4)cc(-c4ccccc4)c3)cccc21.[Pt]. The first-order chi connectivity index (χ1) is 32.7. The van der Waals surface area contributed by atoms with Gasteiger partial charge in [0.1, 0.15) is 11.6 Å². The molecule has 4 nitrogen and oxygen atoms in total. The van der Waals surface area contributed by atoms with Crippen LogP contribution in [0.4, 0.5) is 0 Å². The van der Waals surface area contributed by atoms with E-state index in [2.05, 4.69) is 56.3 Å². The number of phenols is 1. The zero-order valence-electron chi connectivity index (χ0n) is 43.1. The third-order valence-corrected chi connectivity index (χ3v) is 12.3. The fourth-order valence-electron chi connectivity index (χ4n) is 8.95. The molecule has 0 amide bonds. The number of phenolic OH excluding ortho intramolecular Hbond substituents is 1. The van der Waals surface area contributed by atoms with Gasteiger partial charge in [0.2, 0.25) is 0 Å². The number of aromatic nitrogens is 3. The van der Waals surface area contributed by atoms with E-state index in [0.29, 0.717) is 33.7 Å². The number of rotatable bonds is 10. The molecule has 0 aliphatic rings. The minimum Gasteiger partial charge on any atom is -0.507 e. The Balaban J connectivity index is 0.00000659. The number of benzene rings is 7. The first kappa shape index (κ1) is 39.1. The van der Waals surface area contributed by atoms with Crippen molar-refractivity contribution in [1.29, 1.82) is 0 Å². The van der Waals surface area contributed by atoms with E-state index < -0.39 is 18.6 Å². The van der Waals surface area contributed by atoms with Gasteiger partial charge in [0.05, 0.1) is 22.3 Å². The van der Waals surface area contributed by atoms with E-state index in [1.54, 1.807) is 6.07 Å². The molecule has 0 spiro atoms. The van der Waals surface area contributed by atoms with E-state index in [9.17, 15) is 5.11 Å². The number of nitrogens with zero attached hydrogens (tertiary/aromatic N) is 3. The Bertz CT molecular complexity index is 3400. The van der Waals surface area contributed by atoms with Crippen LogP contribution in [-0.2, 0) is 21.1 Å². The summed E-state index contributed by atoms with van der Waals surface area (Å²) in [6.07, 6.45) is 1.81. The molecule has 328 valence electrons. The number of aryl methyl sites for hydroxylation is 3. The Morgan fingerprint density at radius 2 is 1.32 bits per heavy atom. The van der Waals surface area contributed by atoms with Crippen molar-refractivity contribution >= 4 is 11.0 Å². The number of imidazole rings is 1. The van der Waals surface area contributed by atoms with E-state index in [4.69, 9.17) is 16.8 Å². The standard InChI is InChI=1S/C60H56N3O.Pt/c1-36(2)42-21-23-44(24-22-42)45-27-28-61-54(35-45)49-33-47(43-15-11-10-12-16-43)32-48(34-49)52-19-14-20-56-58(52)62-60(53-30-39(7)29-41(9)59(53)64)63(56)55-26-25-46(31-40(55)8)57-50(37(3)4)17-13-18-51(57)38(5)6;/h10-33,35-38,64H,1-9H3;/q-1;/i8D3,36D,37D;. The summed E-state index contributed by atoms with van der Waals surface area (Å²) in [5, 5.41) is 11.8. The van der Waals surface area contributed by atoms with E-state index in [0.717, 1.165) is 78.0 Å². The predicted molar refractivity (Wildman–Crippen MR) is 268 cm³/mol. The molecule has 0 aliphatic heterocycles. The van der Waals surface area contributed by atoms with Gasteiger partial charge < -0.3 is 5.11 Å². The maximum Gasteiger partial charge on any atom is 0.148 e. The van der Waals surface area contributed by atoms with Crippen LogP contribution in [-0.4, -0.2) is 19.6 Å². The van der Waals surface area contributed by atoms with E-state index in [1.807, 2.05) is 155 Å². The van der Waals surface area contributed by atoms with Crippen LogP contribution in [0.2, 0.25) is 0 Å². The van der Waals surface area contributed by atoms with Crippen LogP contribution < -0.4 is 0 Å². The van der Waals surface area contributed by atoms with Crippen LogP contribution in [0.1, 0.15) is 99.5 Å². The zero-order chi connectivity index (χ0) is 49.2. The predicted octanol–water partition coefficient (Wildman–Crippen LogP) is 16.2. The van der Waals surface area contributed by atoms with E-state index in [1.165, 1.54) is 0 Å². The Morgan fingerprint density at radius 1 is 0.615 bits per heavy atom. The maximum atomic E-state index is 11.8. The van der Waals surface area contributed by atoms with Crippen molar-refractivity contribution in [3.05, 3.63) is 191 Å². The van der Waals surface area contributed by atoms with Crippen LogP contribution in [0.15, 0.2) is 152 Å². The fourth-order valence-corrected chi connectivity index (χ4v) is 8.95. The summed E-state index contributed by atoms with van der Waals surface area (Å²) in [5.41, 5.74) is 15.2. The molecule has 9 aromatic rings. The minimum absolute atomic E-state index is 0. The van der Waals surface area contributed by atoms with Gasteiger partial charge in [0.15, 0.2) is 0 Å². The van der Waals surface area contributed by atoms with Gasteiger partial charge in [-0.2, -0.15) is 0 Å². The van der Waals surface area contributed by atoms with Crippen LogP contribution in [0.25, 0.3) is 83.9 Å². The molecule has 0 atom stereocenters. The fraction of sp³-hybridized carbons (Fsp3) is 0.200. The second-order valence-corrected chi connectivity index (χ2v) is 17.6. The molecule has 65 heavy (non-hydrogen) atoms. The molecule has 2 heterocycles. The number of aromatic hydroxyl groups is 1. The summed E-state index contributed by atoms with van der Waals surface area (Å²) < 4.78 is 46.7. The summed E-state index contributed by atoms with van der Waals surface area (Å²) in [6, 6.07) is 51.6. The van der Waals surface area contributed by atoms with Gasteiger partial charge in [0, 0.05) is 39.8 Å². The quantitative estimate of drug-likeness (QED) is 0.139. The largest absolute Gasteiger partial charge is 0.507 e. The Hall–Kier alpha value is -6.35. The maximum absolute atomic E-state index is 11.8. The van der Waals surface area contributed by atoms with E-state index in [-0.39, 0.29) is 38.3 Å². The third-order valence-electron chi connectivity index (χ3n) is 12.3. The first-order valence-electron chi connectivity index (χ1n) is 24.5. The number of hydrogen-bond acceptors (Lipinski definition) is 3. The molecule has 9 rings (SSSR count). The smallest absolute Gasteiger partial charge is 0.148 e. The van der Waals surface area contributed by atoms with Crippen molar-refractivity contribution in [2.45, 2.75) is 79.9 Å². The van der Waals surface area contributed by atoms with Crippen LogP contribution in [0, 0.1) is 26.8 Å². The molecule has 0 bridgehead atoms. The van der Waals surface area contributed by atoms with Gasteiger partial charge in [-0.15, -0.1) is 23.8 Å². The molecule has 0 saturated carbocycles. The Morgan fingerprint density at radius 3 is 2.05 bits per heavy atom. The van der Waals surface area contributed by atoms with Crippen LogP contribution in [0.3, 0.4) is 0 Å². The second-order valence-electron chi connectivity index (χ2n) is 17.6. The summed E-state index contributed by atoms with van der Waals surface area (Å²) in [6.45, 7) is 13.0. The van der Waals surface area contributed by atoms with Crippen molar-refractivity contribution in [3.8, 4) is 78.6 Å². The monoisotopic (exact) mass is 1030 g/mol. The van der Waals surface area contributed by atoms with Crippen molar-refractivity contribution in [2.24, 2.45) is 0 Å². The average molecular weight is 1040 g/mol. The number of para-hydroxylation sites is 1. The van der Waals surface area contributed by atoms with Crippen molar-refractivity contribution in [2.75, 3.05) is 0 Å². The number of hydrogen-bond donors (Lipinski definition) is 1. The average Bonchev–Trinajstić information content (AvgIpc) is 3.71. The van der Waals surface area contributed by atoms with Gasteiger partial charge in [-0.1, -0.05) is 161 Å².